The maximum absolute atomic E-state index is 11.2. The summed E-state index contributed by atoms with van der Waals surface area (Å²) < 4.78 is 4.66. The Labute approximate surface area is 103 Å². The van der Waals surface area contributed by atoms with Gasteiger partial charge in [0.2, 0.25) is 5.91 Å². The molecule has 0 aliphatic rings. The topological polar surface area (TPSA) is 75.6 Å². The lowest BCUT2D eigenvalue weighted by Gasteiger charge is -2.03. The largest absolute Gasteiger partial charge is 0.480 e. The van der Waals surface area contributed by atoms with Crippen molar-refractivity contribution in [1.82, 2.24) is 5.32 Å². The fourth-order valence-corrected chi connectivity index (χ4v) is 2.07. The van der Waals surface area contributed by atoms with E-state index in [-0.39, 0.29) is 12.5 Å². The second kappa shape index (κ2) is 7.03. The van der Waals surface area contributed by atoms with Crippen LogP contribution in [0.3, 0.4) is 0 Å². The molecule has 0 unspecified atom stereocenters. The van der Waals surface area contributed by atoms with E-state index in [0.29, 0.717) is 6.54 Å². The molecule has 0 saturated carbocycles. The number of amides is 1. The highest BCUT2D eigenvalue weighted by Gasteiger charge is 2.04. The van der Waals surface area contributed by atoms with Gasteiger partial charge in [-0.1, -0.05) is 6.92 Å². The van der Waals surface area contributed by atoms with E-state index >= 15 is 0 Å². The average Bonchev–Trinajstić information content (AvgIpc) is 2.73. The smallest absolute Gasteiger partial charge is 0.329 e. The Balaban J connectivity index is 2.21. The summed E-state index contributed by atoms with van der Waals surface area (Å²) in [6, 6.07) is 4.01. The Hall–Kier alpha value is -1.40. The molecule has 1 amide bonds. The lowest BCUT2D eigenvalue weighted by molar-refractivity contribution is -0.143. The molecule has 1 aromatic heterocycles. The average molecular weight is 257 g/mol. The van der Waals surface area contributed by atoms with Crippen molar-refractivity contribution < 1.29 is 19.4 Å². The molecule has 17 heavy (non-hydrogen) atoms. The lowest BCUT2D eigenvalue weighted by atomic mass is 10.3. The Morgan fingerprint density at radius 3 is 2.65 bits per heavy atom. The molecule has 0 aliphatic carbocycles. The minimum Gasteiger partial charge on any atom is -0.480 e. The quantitative estimate of drug-likeness (QED) is 0.765. The Bertz CT molecular complexity index is 389. The second-order valence-corrected chi connectivity index (χ2v) is 4.64. The first-order chi connectivity index (χ1) is 8.11. The highest BCUT2D eigenvalue weighted by Crippen LogP contribution is 2.16. The maximum Gasteiger partial charge on any atom is 0.329 e. The van der Waals surface area contributed by atoms with Crippen molar-refractivity contribution in [3.63, 3.8) is 0 Å². The van der Waals surface area contributed by atoms with Crippen LogP contribution in [0.2, 0.25) is 0 Å². The Morgan fingerprint density at radius 2 is 2.06 bits per heavy atom. The van der Waals surface area contributed by atoms with Gasteiger partial charge in [-0.05, 0) is 18.6 Å². The van der Waals surface area contributed by atoms with Crippen molar-refractivity contribution >= 4 is 23.2 Å². The molecule has 94 valence electrons. The summed E-state index contributed by atoms with van der Waals surface area (Å²) in [4.78, 5) is 23.7. The van der Waals surface area contributed by atoms with Crippen LogP contribution < -0.4 is 5.32 Å². The van der Waals surface area contributed by atoms with E-state index < -0.39 is 12.6 Å². The molecule has 0 aromatic carbocycles. The number of hydrogen-bond donors (Lipinski definition) is 2. The first-order valence-corrected chi connectivity index (χ1v) is 6.07. The zero-order chi connectivity index (χ0) is 12.7. The summed E-state index contributed by atoms with van der Waals surface area (Å²) in [6.07, 6.45) is 0.986. The molecule has 2 N–H and O–H groups in total. The minimum absolute atomic E-state index is 0.224. The number of nitrogens with one attached hydrogen (secondary N) is 1. The van der Waals surface area contributed by atoms with E-state index in [1.54, 1.807) is 11.3 Å². The van der Waals surface area contributed by atoms with Gasteiger partial charge in [0.25, 0.3) is 0 Å². The number of carbonyl (C=O) groups is 2. The molecule has 0 fully saturated rings. The highest BCUT2D eigenvalue weighted by molar-refractivity contribution is 7.11. The third-order valence-electron chi connectivity index (χ3n) is 1.98. The van der Waals surface area contributed by atoms with Gasteiger partial charge in [0.05, 0.1) is 6.54 Å². The van der Waals surface area contributed by atoms with E-state index in [4.69, 9.17) is 5.11 Å². The summed E-state index contributed by atoms with van der Waals surface area (Å²) in [5, 5.41) is 11.0. The molecule has 5 nitrogen and oxygen atoms in total. The predicted octanol–water partition coefficient (Wildman–Crippen LogP) is 1.03. The highest BCUT2D eigenvalue weighted by atomic mass is 32.1. The normalized spacial score (nSPS) is 10.2. The van der Waals surface area contributed by atoms with Crippen LogP contribution in [0.15, 0.2) is 12.1 Å². The van der Waals surface area contributed by atoms with E-state index in [0.717, 1.165) is 11.3 Å². The summed E-state index contributed by atoms with van der Waals surface area (Å²) in [5.74, 6) is -1.39. The zero-order valence-electron chi connectivity index (χ0n) is 9.56. The fourth-order valence-electron chi connectivity index (χ4n) is 1.18. The third-order valence-corrected chi connectivity index (χ3v) is 3.21. The van der Waals surface area contributed by atoms with Crippen molar-refractivity contribution in [3.8, 4) is 0 Å². The fraction of sp³-hybridized carbons (Fsp3) is 0.455. The lowest BCUT2D eigenvalue weighted by Crippen LogP contribution is -2.27. The van der Waals surface area contributed by atoms with Crippen molar-refractivity contribution in [2.24, 2.45) is 0 Å². The molecule has 0 radical (unpaired) electrons. The number of rotatable bonds is 7. The molecule has 0 saturated heterocycles. The van der Waals surface area contributed by atoms with Crippen molar-refractivity contribution in [3.05, 3.63) is 21.9 Å². The third kappa shape index (κ3) is 5.46. The van der Waals surface area contributed by atoms with Gasteiger partial charge in [0.15, 0.2) is 0 Å². The van der Waals surface area contributed by atoms with Crippen LogP contribution in [0, 0.1) is 0 Å². The van der Waals surface area contributed by atoms with Crippen molar-refractivity contribution in [2.75, 3.05) is 13.2 Å². The van der Waals surface area contributed by atoms with Gasteiger partial charge in [-0.15, -0.1) is 11.3 Å². The van der Waals surface area contributed by atoms with Crippen molar-refractivity contribution in [2.45, 2.75) is 19.9 Å². The summed E-state index contributed by atoms with van der Waals surface area (Å²) >= 11 is 1.65. The monoisotopic (exact) mass is 257 g/mol. The Morgan fingerprint density at radius 1 is 1.35 bits per heavy atom. The molecule has 0 atom stereocenters. The van der Waals surface area contributed by atoms with Crippen molar-refractivity contribution in [1.29, 1.82) is 0 Å². The van der Waals surface area contributed by atoms with E-state index in [1.807, 2.05) is 12.1 Å². The van der Waals surface area contributed by atoms with Crippen LogP contribution in [0.1, 0.15) is 16.7 Å². The second-order valence-electron chi connectivity index (χ2n) is 3.38. The van der Waals surface area contributed by atoms with Gasteiger partial charge in [0, 0.05) is 9.75 Å². The number of carboxylic acid groups (broad SMARTS) is 1. The van der Waals surface area contributed by atoms with E-state index in [2.05, 4.69) is 17.0 Å². The molecule has 6 heteroatoms. The van der Waals surface area contributed by atoms with Gasteiger partial charge < -0.3 is 15.2 Å². The van der Waals surface area contributed by atoms with Gasteiger partial charge in [-0.3, -0.25) is 4.79 Å². The van der Waals surface area contributed by atoms with Gasteiger partial charge in [0.1, 0.15) is 13.2 Å². The molecule has 1 aromatic rings. The summed E-state index contributed by atoms with van der Waals surface area (Å²) in [6.45, 7) is 1.86. The van der Waals surface area contributed by atoms with Crippen LogP contribution in [-0.4, -0.2) is 30.2 Å². The minimum atomic E-state index is -1.08. The number of aliphatic carboxylic acids is 1. The van der Waals surface area contributed by atoms with Crippen LogP contribution >= 0.6 is 11.3 Å². The van der Waals surface area contributed by atoms with E-state index in [1.165, 1.54) is 4.88 Å². The van der Waals surface area contributed by atoms with Crippen LogP contribution in [0.5, 0.6) is 0 Å². The number of carboxylic acids is 1. The SMILES string of the molecule is CCc1ccc(CNC(=O)COCC(=O)O)s1. The van der Waals surface area contributed by atoms with Crippen LogP contribution in [0.25, 0.3) is 0 Å². The molecule has 0 bridgehead atoms. The Kier molecular flexibility index (Phi) is 5.65. The molecule has 1 heterocycles. The first-order valence-electron chi connectivity index (χ1n) is 5.25. The maximum atomic E-state index is 11.2. The first kappa shape index (κ1) is 13.7. The summed E-state index contributed by atoms with van der Waals surface area (Å²) in [7, 11) is 0. The van der Waals surface area contributed by atoms with E-state index in [9.17, 15) is 9.59 Å². The molecule has 0 aliphatic heterocycles. The zero-order valence-corrected chi connectivity index (χ0v) is 10.4. The molecule has 1 rings (SSSR count). The number of hydrogen-bond acceptors (Lipinski definition) is 4. The standard InChI is InChI=1S/C11H15NO4S/c1-2-8-3-4-9(17-8)5-12-10(13)6-16-7-11(14)15/h3-4H,2,5-7H2,1H3,(H,12,13)(H,14,15). The molecule has 0 spiro atoms. The van der Waals surface area contributed by atoms with Gasteiger partial charge in [-0.2, -0.15) is 0 Å². The van der Waals surface area contributed by atoms with Crippen LogP contribution in [0.4, 0.5) is 0 Å². The number of aryl methyl sites for hydroxylation is 1. The number of carbonyl (C=O) groups excluding carboxylic acids is 1. The number of ether oxygens (including phenoxy) is 1. The number of thiophene rings is 1. The molecular formula is C11H15NO4S. The van der Waals surface area contributed by atoms with Crippen LogP contribution in [-0.2, 0) is 27.3 Å². The predicted molar refractivity (Wildman–Crippen MR) is 64.0 cm³/mol. The van der Waals surface area contributed by atoms with Gasteiger partial charge in [-0.25, -0.2) is 4.79 Å². The summed E-state index contributed by atoms with van der Waals surface area (Å²) in [5.41, 5.74) is 0. The molecular weight excluding hydrogens is 242 g/mol. The van der Waals surface area contributed by atoms with Gasteiger partial charge >= 0.3 is 5.97 Å².